The van der Waals surface area contributed by atoms with E-state index in [1.54, 1.807) is 25.7 Å². The lowest BCUT2D eigenvalue weighted by molar-refractivity contribution is -0.144. The van der Waals surface area contributed by atoms with Crippen molar-refractivity contribution in [1.82, 2.24) is 15.5 Å². The molecule has 7 nitrogen and oxygen atoms in total. The van der Waals surface area contributed by atoms with Crippen LogP contribution in [0.1, 0.15) is 92.2 Å². The Morgan fingerprint density at radius 1 is 1.03 bits per heavy atom. The number of carbonyl (C=O) groups excluding carboxylic acids is 3. The third-order valence-electron chi connectivity index (χ3n) is 5.78. The molecule has 36 heavy (non-hydrogen) atoms. The highest BCUT2D eigenvalue weighted by Gasteiger charge is 2.38. The van der Waals surface area contributed by atoms with Crippen LogP contribution in [0, 0.1) is 5.92 Å². The van der Waals surface area contributed by atoms with E-state index in [4.69, 9.17) is 4.74 Å². The third kappa shape index (κ3) is 11.2. The Kier molecular flexibility index (Phi) is 14.0. The van der Waals surface area contributed by atoms with E-state index in [0.717, 1.165) is 37.7 Å². The molecule has 0 saturated carbocycles. The molecule has 2 N–H and O–H groups in total. The van der Waals surface area contributed by atoms with Crippen LogP contribution in [0.4, 0.5) is 4.79 Å². The second kappa shape index (κ2) is 15.8. The molecule has 1 rings (SSSR count). The predicted molar refractivity (Wildman–Crippen MR) is 149 cm³/mol. The van der Waals surface area contributed by atoms with E-state index in [1.165, 1.54) is 0 Å². The summed E-state index contributed by atoms with van der Waals surface area (Å²) in [5.41, 5.74) is 0.0224. The Bertz CT molecular complexity index is 811. The average molecular weight is 522 g/mol. The molecule has 0 saturated heterocycles. The van der Waals surface area contributed by atoms with E-state index in [2.05, 4.69) is 44.0 Å². The maximum atomic E-state index is 14.0. The van der Waals surface area contributed by atoms with Gasteiger partial charge in [0.25, 0.3) is 0 Å². The number of benzene rings is 1. The molecular weight excluding hydrogens is 474 g/mol. The van der Waals surface area contributed by atoms with Crippen molar-refractivity contribution >= 4 is 30.5 Å². The summed E-state index contributed by atoms with van der Waals surface area (Å²) in [5, 5.41) is 5.70. The zero-order valence-electron chi connectivity index (χ0n) is 23.2. The van der Waals surface area contributed by atoms with Crippen molar-refractivity contribution in [2.45, 2.75) is 104 Å². The Morgan fingerprint density at radius 2 is 1.67 bits per heavy atom. The molecule has 3 amide bonds. The molecule has 3 unspecified atom stereocenters. The molecule has 3 atom stereocenters. The summed E-state index contributed by atoms with van der Waals surface area (Å²) in [7, 11) is 0. The maximum Gasteiger partial charge on any atom is 0.408 e. The summed E-state index contributed by atoms with van der Waals surface area (Å²) in [6.07, 6.45) is 3.88. The first-order valence-electron chi connectivity index (χ1n) is 13.2. The van der Waals surface area contributed by atoms with Crippen molar-refractivity contribution in [1.29, 1.82) is 0 Å². The standard InChI is InChI=1S/C28H47N3O4S/c1-8-9-13-18-29-25(32)24(22-14-11-10-12-15-22)31(21(4)17-16-20(2)3)26(33)23(19-36)30-27(34)35-28(5,6)7/h10-12,14-15,20-21,23-24,36H,8-9,13,16-19H2,1-7H3,(H,29,32)(H,30,34). The number of nitrogens with zero attached hydrogens (tertiary/aromatic N) is 1. The van der Waals surface area contributed by atoms with Gasteiger partial charge >= 0.3 is 6.09 Å². The number of amides is 3. The summed E-state index contributed by atoms with van der Waals surface area (Å²) in [4.78, 5) is 41.7. The van der Waals surface area contributed by atoms with E-state index >= 15 is 0 Å². The topological polar surface area (TPSA) is 87.7 Å². The van der Waals surface area contributed by atoms with Gasteiger partial charge in [0, 0.05) is 18.3 Å². The smallest absolute Gasteiger partial charge is 0.408 e. The fourth-order valence-electron chi connectivity index (χ4n) is 3.88. The molecule has 0 heterocycles. The molecule has 0 aliphatic rings. The lowest BCUT2D eigenvalue weighted by atomic mass is 9.97. The first-order chi connectivity index (χ1) is 16.9. The van der Waals surface area contributed by atoms with Gasteiger partial charge < -0.3 is 20.3 Å². The van der Waals surface area contributed by atoms with E-state index in [0.29, 0.717) is 12.5 Å². The molecule has 0 aliphatic carbocycles. The Balaban J connectivity index is 3.37. The van der Waals surface area contributed by atoms with Crippen molar-refractivity contribution < 1.29 is 19.1 Å². The van der Waals surface area contributed by atoms with E-state index < -0.39 is 23.8 Å². The summed E-state index contributed by atoms with van der Waals surface area (Å²) >= 11 is 4.36. The van der Waals surface area contributed by atoms with E-state index in [9.17, 15) is 14.4 Å². The van der Waals surface area contributed by atoms with Crippen molar-refractivity contribution in [2.24, 2.45) is 5.92 Å². The van der Waals surface area contributed by atoms with Gasteiger partial charge in [0.05, 0.1) is 0 Å². The highest BCUT2D eigenvalue weighted by Crippen LogP contribution is 2.27. The molecule has 1 aromatic rings. The Labute approximate surface area is 223 Å². The van der Waals surface area contributed by atoms with Gasteiger partial charge in [-0.3, -0.25) is 9.59 Å². The molecule has 204 valence electrons. The number of rotatable bonds is 14. The van der Waals surface area contributed by atoms with Gasteiger partial charge in [-0.05, 0) is 58.4 Å². The minimum atomic E-state index is -0.941. The number of alkyl carbamates (subject to hydrolysis) is 1. The van der Waals surface area contributed by atoms with Crippen molar-refractivity contribution in [2.75, 3.05) is 12.3 Å². The fourth-order valence-corrected chi connectivity index (χ4v) is 4.13. The second-order valence-electron chi connectivity index (χ2n) is 10.8. The third-order valence-corrected chi connectivity index (χ3v) is 6.15. The van der Waals surface area contributed by atoms with Crippen LogP contribution in [-0.2, 0) is 14.3 Å². The molecule has 1 aromatic carbocycles. The van der Waals surface area contributed by atoms with E-state index in [1.807, 2.05) is 37.3 Å². The number of hydrogen-bond donors (Lipinski definition) is 3. The normalized spacial score (nSPS) is 14.0. The fraction of sp³-hybridized carbons (Fsp3) is 0.679. The summed E-state index contributed by atoms with van der Waals surface area (Å²) in [6, 6.07) is 7.33. The molecule has 0 bridgehead atoms. The molecule has 0 radical (unpaired) electrons. The van der Waals surface area contributed by atoms with Gasteiger partial charge in [-0.2, -0.15) is 12.6 Å². The van der Waals surface area contributed by atoms with Crippen LogP contribution in [0.25, 0.3) is 0 Å². The van der Waals surface area contributed by atoms with Crippen LogP contribution < -0.4 is 10.6 Å². The first kappa shape index (κ1) is 31.8. The molecule has 8 heteroatoms. The number of ether oxygens (including phenoxy) is 1. The first-order valence-corrected chi connectivity index (χ1v) is 13.8. The molecule has 0 aliphatic heterocycles. The minimum absolute atomic E-state index is 0.0745. The minimum Gasteiger partial charge on any atom is -0.444 e. The highest BCUT2D eigenvalue weighted by molar-refractivity contribution is 7.80. The van der Waals surface area contributed by atoms with Crippen LogP contribution in [0.15, 0.2) is 30.3 Å². The highest BCUT2D eigenvalue weighted by atomic mass is 32.1. The van der Waals surface area contributed by atoms with Crippen molar-refractivity contribution in [3.8, 4) is 0 Å². The van der Waals surface area contributed by atoms with Crippen LogP contribution >= 0.6 is 12.6 Å². The Morgan fingerprint density at radius 3 is 2.19 bits per heavy atom. The van der Waals surface area contributed by atoms with Gasteiger partial charge in [-0.15, -0.1) is 0 Å². The quantitative estimate of drug-likeness (QED) is 0.222. The second-order valence-corrected chi connectivity index (χ2v) is 11.1. The van der Waals surface area contributed by atoms with Crippen molar-refractivity contribution in [3.63, 3.8) is 0 Å². The average Bonchev–Trinajstić information content (AvgIpc) is 2.81. The number of unbranched alkanes of at least 4 members (excludes halogenated alkanes) is 2. The molecule has 0 spiro atoms. The van der Waals surface area contributed by atoms with Gasteiger partial charge in [0.15, 0.2) is 0 Å². The van der Waals surface area contributed by atoms with Crippen LogP contribution in [0.5, 0.6) is 0 Å². The summed E-state index contributed by atoms with van der Waals surface area (Å²) in [5.74, 6) is -0.0598. The largest absolute Gasteiger partial charge is 0.444 e. The maximum absolute atomic E-state index is 14.0. The predicted octanol–water partition coefficient (Wildman–Crippen LogP) is 5.51. The monoisotopic (exact) mass is 521 g/mol. The summed E-state index contributed by atoms with van der Waals surface area (Å²) < 4.78 is 5.37. The number of carbonyl (C=O) groups is 3. The SMILES string of the molecule is CCCCCNC(=O)C(c1ccccc1)N(C(=O)C(CS)NC(=O)OC(C)(C)C)C(C)CCC(C)C. The number of hydrogen-bond acceptors (Lipinski definition) is 5. The van der Waals surface area contributed by atoms with Gasteiger partial charge in [-0.25, -0.2) is 4.79 Å². The van der Waals surface area contributed by atoms with Gasteiger partial charge in [-0.1, -0.05) is 63.9 Å². The van der Waals surface area contributed by atoms with Crippen molar-refractivity contribution in [3.05, 3.63) is 35.9 Å². The van der Waals surface area contributed by atoms with Crippen LogP contribution in [-0.4, -0.2) is 52.8 Å². The number of thiol groups is 1. The molecular formula is C28H47N3O4S. The lowest BCUT2D eigenvalue weighted by Crippen LogP contribution is -2.56. The molecule has 0 aromatic heterocycles. The van der Waals surface area contributed by atoms with Gasteiger partial charge in [0.1, 0.15) is 17.7 Å². The Hall–Kier alpha value is -2.22. The molecule has 0 fully saturated rings. The summed E-state index contributed by atoms with van der Waals surface area (Å²) in [6.45, 7) is 14.2. The van der Waals surface area contributed by atoms with Crippen LogP contribution in [0.3, 0.4) is 0 Å². The zero-order chi connectivity index (χ0) is 27.3. The van der Waals surface area contributed by atoms with E-state index in [-0.39, 0.29) is 23.6 Å². The number of nitrogens with one attached hydrogen (secondary N) is 2. The zero-order valence-corrected chi connectivity index (χ0v) is 24.1. The van der Waals surface area contributed by atoms with Crippen LogP contribution in [0.2, 0.25) is 0 Å². The van der Waals surface area contributed by atoms with Gasteiger partial charge in [0.2, 0.25) is 11.8 Å². The lowest BCUT2D eigenvalue weighted by Gasteiger charge is -2.38.